The Morgan fingerprint density at radius 2 is 1.29 bits per heavy atom. The first-order valence-electron chi connectivity index (χ1n) is 5.79. The van der Waals surface area contributed by atoms with E-state index in [1.807, 2.05) is 0 Å². The van der Waals surface area contributed by atoms with Gasteiger partial charge in [0.15, 0.2) is 23.3 Å². The van der Waals surface area contributed by atoms with Crippen LogP contribution in [0.3, 0.4) is 0 Å². The molecular formula is C14H11F5O2. The highest BCUT2D eigenvalue weighted by molar-refractivity contribution is 5.90. The van der Waals surface area contributed by atoms with Crippen molar-refractivity contribution in [3.8, 4) is 0 Å². The molecule has 0 atom stereocenters. The number of halogens is 5. The third-order valence-corrected chi connectivity index (χ3v) is 2.55. The summed E-state index contributed by atoms with van der Waals surface area (Å²) in [5, 5.41) is 0. The van der Waals surface area contributed by atoms with E-state index in [0.29, 0.717) is 0 Å². The molecule has 1 aromatic carbocycles. The van der Waals surface area contributed by atoms with Gasteiger partial charge in [-0.15, -0.1) is 13.2 Å². The zero-order chi connectivity index (χ0) is 16.2. The minimum Gasteiger partial charge on any atom is -0.458 e. The van der Waals surface area contributed by atoms with Crippen LogP contribution in [0.1, 0.15) is 23.2 Å². The van der Waals surface area contributed by atoms with Crippen LogP contribution in [0.4, 0.5) is 22.0 Å². The van der Waals surface area contributed by atoms with Gasteiger partial charge in [0, 0.05) is 12.8 Å². The molecule has 0 N–H and O–H groups in total. The maximum absolute atomic E-state index is 13.4. The van der Waals surface area contributed by atoms with Gasteiger partial charge in [-0.2, -0.15) is 0 Å². The molecule has 0 saturated carbocycles. The van der Waals surface area contributed by atoms with E-state index < -0.39 is 46.7 Å². The van der Waals surface area contributed by atoms with Crippen molar-refractivity contribution in [1.29, 1.82) is 0 Å². The van der Waals surface area contributed by atoms with Crippen LogP contribution in [0.2, 0.25) is 0 Å². The Balaban J connectivity index is 3.18. The van der Waals surface area contributed by atoms with Crippen LogP contribution in [-0.4, -0.2) is 12.1 Å². The van der Waals surface area contributed by atoms with Crippen LogP contribution in [0, 0.1) is 29.1 Å². The van der Waals surface area contributed by atoms with E-state index in [9.17, 15) is 26.7 Å². The van der Waals surface area contributed by atoms with Crippen molar-refractivity contribution < 1.29 is 31.5 Å². The molecule has 0 saturated heterocycles. The molecule has 114 valence electrons. The molecule has 0 fully saturated rings. The first-order valence-corrected chi connectivity index (χ1v) is 5.79. The highest BCUT2D eigenvalue weighted by Crippen LogP contribution is 2.24. The fraction of sp³-hybridized carbons (Fsp3) is 0.214. The molecule has 21 heavy (non-hydrogen) atoms. The molecule has 0 aliphatic heterocycles. The smallest absolute Gasteiger partial charge is 0.344 e. The van der Waals surface area contributed by atoms with Gasteiger partial charge in [0.2, 0.25) is 5.82 Å². The van der Waals surface area contributed by atoms with Gasteiger partial charge >= 0.3 is 5.97 Å². The van der Waals surface area contributed by atoms with Crippen molar-refractivity contribution in [3.05, 3.63) is 60.0 Å². The Labute approximate surface area is 117 Å². The highest BCUT2D eigenvalue weighted by Gasteiger charge is 2.31. The molecule has 2 nitrogen and oxygen atoms in total. The van der Waals surface area contributed by atoms with Gasteiger partial charge in [-0.05, 0) is 0 Å². The topological polar surface area (TPSA) is 26.3 Å². The van der Waals surface area contributed by atoms with Crippen molar-refractivity contribution in [1.82, 2.24) is 0 Å². The van der Waals surface area contributed by atoms with E-state index in [0.717, 1.165) is 0 Å². The van der Waals surface area contributed by atoms with E-state index in [-0.39, 0.29) is 12.8 Å². The average Bonchev–Trinajstić information content (AvgIpc) is 2.44. The molecular weight excluding hydrogens is 295 g/mol. The molecule has 0 aliphatic carbocycles. The normalized spacial score (nSPS) is 10.6. The molecule has 0 radical (unpaired) electrons. The highest BCUT2D eigenvalue weighted by atomic mass is 19.2. The number of ether oxygens (including phenoxy) is 1. The molecule has 1 aromatic rings. The quantitative estimate of drug-likeness (QED) is 0.260. The zero-order valence-electron chi connectivity index (χ0n) is 10.8. The summed E-state index contributed by atoms with van der Waals surface area (Å²) in [6.45, 7) is 6.79. The number of esters is 1. The Hall–Kier alpha value is -2.18. The van der Waals surface area contributed by atoms with Gasteiger partial charge < -0.3 is 4.74 Å². The fourth-order valence-electron chi connectivity index (χ4n) is 1.56. The summed E-state index contributed by atoms with van der Waals surface area (Å²) in [7, 11) is 0. The molecule has 0 bridgehead atoms. The summed E-state index contributed by atoms with van der Waals surface area (Å²) in [4.78, 5) is 11.6. The molecule has 0 aromatic heterocycles. The Morgan fingerprint density at radius 3 is 1.67 bits per heavy atom. The van der Waals surface area contributed by atoms with Crippen molar-refractivity contribution in [2.75, 3.05) is 0 Å². The third-order valence-electron chi connectivity index (χ3n) is 2.55. The lowest BCUT2D eigenvalue weighted by Crippen LogP contribution is -2.21. The number of benzene rings is 1. The molecule has 7 heteroatoms. The fourth-order valence-corrected chi connectivity index (χ4v) is 1.56. The van der Waals surface area contributed by atoms with Gasteiger partial charge in [0.1, 0.15) is 11.7 Å². The molecule has 0 aliphatic rings. The summed E-state index contributed by atoms with van der Waals surface area (Å²) in [6, 6.07) is 0. The summed E-state index contributed by atoms with van der Waals surface area (Å²) < 4.78 is 70.4. The van der Waals surface area contributed by atoms with Crippen molar-refractivity contribution in [2.24, 2.45) is 0 Å². The van der Waals surface area contributed by atoms with Crippen molar-refractivity contribution in [3.63, 3.8) is 0 Å². The maximum Gasteiger partial charge on any atom is 0.344 e. The molecule has 0 heterocycles. The van der Waals surface area contributed by atoms with Crippen LogP contribution in [-0.2, 0) is 4.74 Å². The van der Waals surface area contributed by atoms with E-state index in [1.165, 1.54) is 12.2 Å². The first kappa shape index (κ1) is 16.9. The monoisotopic (exact) mass is 306 g/mol. The van der Waals surface area contributed by atoms with E-state index in [4.69, 9.17) is 4.74 Å². The SMILES string of the molecule is C=CCC(CC=C)OC(=O)c1c(F)c(F)c(F)c(F)c1F. The van der Waals surface area contributed by atoms with Crippen LogP contribution in [0.15, 0.2) is 25.3 Å². The first-order chi connectivity index (χ1) is 9.84. The van der Waals surface area contributed by atoms with Crippen LogP contribution in [0.25, 0.3) is 0 Å². The average molecular weight is 306 g/mol. The maximum atomic E-state index is 13.4. The second-order valence-corrected chi connectivity index (χ2v) is 4.02. The van der Waals surface area contributed by atoms with Gasteiger partial charge in [-0.3, -0.25) is 0 Å². The third kappa shape index (κ3) is 3.48. The Bertz CT molecular complexity index is 544. The van der Waals surface area contributed by atoms with Crippen molar-refractivity contribution >= 4 is 5.97 Å². The predicted molar refractivity (Wildman–Crippen MR) is 65.1 cm³/mol. The van der Waals surface area contributed by atoms with Crippen LogP contribution >= 0.6 is 0 Å². The molecule has 0 unspecified atom stereocenters. The Kier molecular flexibility index (Phi) is 5.63. The van der Waals surface area contributed by atoms with Gasteiger partial charge in [-0.25, -0.2) is 26.7 Å². The summed E-state index contributed by atoms with van der Waals surface area (Å²) >= 11 is 0. The second kappa shape index (κ2) is 7.01. The lowest BCUT2D eigenvalue weighted by molar-refractivity contribution is 0.0301. The van der Waals surface area contributed by atoms with Crippen LogP contribution in [0.5, 0.6) is 0 Å². The standard InChI is InChI=1S/C14H11F5O2/c1-3-5-7(6-4-2)21-14(20)8-9(15)11(17)13(19)12(18)10(8)16/h3-4,7H,1-2,5-6H2. The van der Waals surface area contributed by atoms with Crippen molar-refractivity contribution in [2.45, 2.75) is 18.9 Å². The molecule has 0 amide bonds. The predicted octanol–water partition coefficient (Wildman–Crippen LogP) is 4.06. The minimum atomic E-state index is -2.34. The van der Waals surface area contributed by atoms with Gasteiger partial charge in [0.05, 0.1) is 0 Å². The largest absolute Gasteiger partial charge is 0.458 e. The summed E-state index contributed by atoms with van der Waals surface area (Å²) in [5.74, 6) is -12.8. The second-order valence-electron chi connectivity index (χ2n) is 4.02. The van der Waals surface area contributed by atoms with E-state index >= 15 is 0 Å². The number of carbonyl (C=O) groups excluding carboxylic acids is 1. The lowest BCUT2D eigenvalue weighted by atomic mass is 10.1. The van der Waals surface area contributed by atoms with Gasteiger partial charge in [-0.1, -0.05) is 12.2 Å². The molecule has 1 rings (SSSR count). The number of carbonyl (C=O) groups is 1. The van der Waals surface area contributed by atoms with Gasteiger partial charge in [0.25, 0.3) is 0 Å². The number of hydrogen-bond donors (Lipinski definition) is 0. The lowest BCUT2D eigenvalue weighted by Gasteiger charge is -2.15. The summed E-state index contributed by atoms with van der Waals surface area (Å²) in [6.07, 6.45) is 2.16. The number of rotatable bonds is 6. The zero-order valence-corrected chi connectivity index (χ0v) is 10.8. The molecule has 0 spiro atoms. The minimum absolute atomic E-state index is 0.132. The van der Waals surface area contributed by atoms with E-state index in [2.05, 4.69) is 13.2 Å². The Morgan fingerprint density at radius 1 is 0.905 bits per heavy atom. The number of hydrogen-bond acceptors (Lipinski definition) is 2. The van der Waals surface area contributed by atoms with Crippen LogP contribution < -0.4 is 0 Å². The van der Waals surface area contributed by atoms with E-state index in [1.54, 1.807) is 0 Å². The summed E-state index contributed by atoms with van der Waals surface area (Å²) in [5.41, 5.74) is -1.62.